The first kappa shape index (κ1) is 23.8. The molecule has 0 aromatic rings. The molecule has 0 aromatic heterocycles. The molecule has 0 fully saturated rings. The van der Waals surface area contributed by atoms with Crippen LogP contribution in [0.1, 0.15) is 20.8 Å². The van der Waals surface area contributed by atoms with Crippen LogP contribution in [-0.2, 0) is 23.1 Å². The van der Waals surface area contributed by atoms with Gasteiger partial charge in [-0.3, -0.25) is 8.42 Å². The van der Waals surface area contributed by atoms with Gasteiger partial charge in [0.15, 0.2) is 0 Å². The molecule has 10 heteroatoms. The van der Waals surface area contributed by atoms with E-state index in [0.29, 0.717) is 19.8 Å². The van der Waals surface area contributed by atoms with E-state index in [9.17, 15) is 8.42 Å². The fraction of sp³-hybridized carbons (Fsp3) is 0.727. The van der Waals surface area contributed by atoms with Gasteiger partial charge in [0.2, 0.25) is 0 Å². The maximum absolute atomic E-state index is 11.8. The Balaban J connectivity index is 0. The molecule has 0 N–H and O–H groups in total. The molecule has 0 rings (SSSR count). The van der Waals surface area contributed by atoms with Gasteiger partial charge in [-0.25, -0.2) is 10.5 Å². The van der Waals surface area contributed by atoms with Gasteiger partial charge in [-0.2, -0.15) is 0 Å². The van der Waals surface area contributed by atoms with Crippen LogP contribution in [0.3, 0.4) is 0 Å². The second-order valence-corrected chi connectivity index (χ2v) is 8.38. The monoisotopic (exact) mass is 358 g/mol. The predicted octanol–water partition coefficient (Wildman–Crippen LogP) is -1.97. The topological polar surface area (TPSA) is 109 Å². The summed E-state index contributed by atoms with van der Waals surface area (Å²) in [4.78, 5) is 0. The zero-order valence-electron chi connectivity index (χ0n) is 12.9. The Bertz CT molecular complexity index is 443. The van der Waals surface area contributed by atoms with Crippen molar-refractivity contribution in [2.24, 2.45) is 0 Å². The molecule has 21 heavy (non-hydrogen) atoms. The fourth-order valence-electron chi connectivity index (χ4n) is 1.53. The molecule has 0 saturated heterocycles. The number of hydrogen-bond donors (Lipinski definition) is 0. The predicted molar refractivity (Wildman–Crippen MR) is 73.7 cm³/mol. The minimum Gasteiger partial charge on any atom is -0.374 e. The molecule has 0 aromatic carbocycles. The zero-order valence-corrected chi connectivity index (χ0v) is 17.8. The van der Waals surface area contributed by atoms with E-state index in [4.69, 9.17) is 23.8 Å². The summed E-state index contributed by atoms with van der Waals surface area (Å²) in [6, 6.07) is 2.78. The summed E-state index contributed by atoms with van der Waals surface area (Å²) >= 11 is 0. The molecule has 0 aliphatic heterocycles. The largest absolute Gasteiger partial charge is 1.00 e. The quantitative estimate of drug-likeness (QED) is 0.329. The van der Waals surface area contributed by atoms with Crippen LogP contribution in [0, 0.1) is 27.9 Å². The van der Waals surface area contributed by atoms with Crippen molar-refractivity contribution < 1.29 is 73.1 Å². The van der Waals surface area contributed by atoms with Gasteiger partial charge in [-0.15, -0.1) is 0 Å². The second kappa shape index (κ2) is 12.0. The van der Waals surface area contributed by atoms with Crippen molar-refractivity contribution in [3.63, 3.8) is 0 Å². The van der Waals surface area contributed by atoms with E-state index in [-0.39, 0.29) is 57.4 Å². The van der Waals surface area contributed by atoms with Crippen LogP contribution in [0.5, 0.6) is 0 Å². The minimum absolute atomic E-state index is 0. The number of nitriles is 2. The minimum atomic E-state index is -3.92. The summed E-state index contributed by atoms with van der Waals surface area (Å²) in [6.45, 7) is 6.28. The van der Waals surface area contributed by atoms with Crippen LogP contribution in [0.15, 0.2) is 0 Å². The van der Waals surface area contributed by atoms with Gasteiger partial charge in [-0.1, -0.05) is 17.4 Å². The fourth-order valence-corrected chi connectivity index (χ4v) is 6.09. The van der Waals surface area contributed by atoms with Gasteiger partial charge < -0.3 is 13.3 Å². The molecule has 0 spiro atoms. The molecule has 0 aliphatic rings. The summed E-state index contributed by atoms with van der Waals surface area (Å²) < 4.78 is 40.2. The molecule has 0 unspecified atom stereocenters. The van der Waals surface area contributed by atoms with Crippen molar-refractivity contribution in [2.45, 2.75) is 26.8 Å². The molecule has 114 valence electrons. The Morgan fingerprint density at radius 3 is 1.67 bits per heavy atom. The third kappa shape index (κ3) is 8.09. The number of rotatable bonds is 10. The van der Waals surface area contributed by atoms with Gasteiger partial charge in [0.25, 0.3) is 0 Å². The van der Waals surface area contributed by atoms with Crippen molar-refractivity contribution in [1.82, 2.24) is 0 Å². The zero-order chi connectivity index (χ0) is 15.6. The third-order valence-corrected chi connectivity index (χ3v) is 7.24. The third-order valence-electron chi connectivity index (χ3n) is 2.28. The van der Waals surface area contributed by atoms with Gasteiger partial charge in [0.05, 0.1) is 9.84 Å². The van der Waals surface area contributed by atoms with Crippen molar-refractivity contribution in [1.29, 1.82) is 10.5 Å². The average molecular weight is 359 g/mol. The first-order chi connectivity index (χ1) is 9.41. The van der Waals surface area contributed by atoms with E-state index in [1.807, 2.05) is 0 Å². The normalized spacial score (nSPS) is 11.1. The Kier molecular flexibility index (Phi) is 13.6. The van der Waals surface area contributed by atoms with E-state index < -0.39 is 29.6 Å². The Labute approximate surface area is 170 Å². The molecule has 0 radical (unpaired) electrons. The summed E-state index contributed by atoms with van der Waals surface area (Å²) in [5, 5.41) is 16.5. The average Bonchev–Trinajstić information content (AvgIpc) is 2.39. The number of hydrogen-bond acceptors (Lipinski definition) is 7. The van der Waals surface area contributed by atoms with Crippen LogP contribution in [0.2, 0.25) is 6.04 Å². The molecular weight excluding hydrogens is 339 g/mol. The number of nitrogens with zero attached hydrogens (tertiary/aromatic N) is 2. The van der Waals surface area contributed by atoms with Crippen LogP contribution >= 0.6 is 0 Å². The standard InChI is InChI=1S/C11H19N2O5SSi.K/c1-4-16-20(17-5-2,18-6-3)8-7-19(14,15)11(9-12)10-13;/h4-8H2,1-3H3;/q-1;+1. The molecule has 0 saturated carbocycles. The summed E-state index contributed by atoms with van der Waals surface area (Å²) in [7, 11) is -7.01. The van der Waals surface area contributed by atoms with Crippen LogP contribution in [-0.4, -0.2) is 42.8 Å². The molecule has 0 aliphatic carbocycles. The molecule has 0 bridgehead atoms. The van der Waals surface area contributed by atoms with E-state index in [0.717, 1.165) is 0 Å². The van der Waals surface area contributed by atoms with Crippen molar-refractivity contribution in [3.8, 4) is 12.1 Å². The van der Waals surface area contributed by atoms with E-state index in [1.54, 1.807) is 20.8 Å². The number of sulfone groups is 1. The Hall–Kier alpha value is 0.533. The van der Waals surface area contributed by atoms with Gasteiger partial charge >= 0.3 is 60.2 Å². The first-order valence-corrected chi connectivity index (χ1v) is 9.81. The molecule has 7 nitrogen and oxygen atoms in total. The van der Waals surface area contributed by atoms with Crippen molar-refractivity contribution in [3.05, 3.63) is 5.25 Å². The maximum atomic E-state index is 11.8. The van der Waals surface area contributed by atoms with Crippen molar-refractivity contribution >= 4 is 18.6 Å². The summed E-state index contributed by atoms with van der Waals surface area (Å²) in [5.41, 5.74) is 0. The second-order valence-electron chi connectivity index (χ2n) is 3.60. The van der Waals surface area contributed by atoms with Crippen LogP contribution < -0.4 is 51.4 Å². The Morgan fingerprint density at radius 1 is 1.00 bits per heavy atom. The Morgan fingerprint density at radius 2 is 1.38 bits per heavy atom. The van der Waals surface area contributed by atoms with Gasteiger partial charge in [0.1, 0.15) is 0 Å². The molecule has 0 heterocycles. The first-order valence-electron chi connectivity index (χ1n) is 6.23. The van der Waals surface area contributed by atoms with Crippen LogP contribution in [0.4, 0.5) is 0 Å². The van der Waals surface area contributed by atoms with E-state index in [1.165, 1.54) is 12.1 Å². The van der Waals surface area contributed by atoms with Crippen LogP contribution in [0.25, 0.3) is 0 Å². The van der Waals surface area contributed by atoms with E-state index >= 15 is 0 Å². The molecule has 0 atom stereocenters. The maximum Gasteiger partial charge on any atom is 1.00 e. The molecular formula is C11H19KN2O5SSi. The van der Waals surface area contributed by atoms with E-state index in [2.05, 4.69) is 0 Å². The summed E-state index contributed by atoms with van der Waals surface area (Å²) in [6.07, 6.45) is 0. The SMILES string of the molecule is CCO[Si](CCS(=O)(=O)[C-](C#N)C#N)(OCC)OCC.[K+]. The molecule has 0 amide bonds. The van der Waals surface area contributed by atoms with Crippen molar-refractivity contribution in [2.75, 3.05) is 25.6 Å². The summed E-state index contributed by atoms with van der Waals surface area (Å²) in [5.74, 6) is -0.407. The van der Waals surface area contributed by atoms with Gasteiger partial charge in [-0.05, 0) is 20.8 Å². The smallest absolute Gasteiger partial charge is 0.374 e. The van der Waals surface area contributed by atoms with Gasteiger partial charge in [0, 0.05) is 31.6 Å².